The third kappa shape index (κ3) is 2.95. The van der Waals surface area contributed by atoms with Crippen molar-refractivity contribution >= 4 is 57.9 Å². The van der Waals surface area contributed by atoms with Crippen LogP contribution in [-0.2, 0) is 10.2 Å². The van der Waals surface area contributed by atoms with Crippen molar-refractivity contribution in [3.8, 4) is 0 Å². The Labute approximate surface area is 221 Å². The molecular formula is C29H19ClN2O4S. The van der Waals surface area contributed by atoms with E-state index in [1.807, 2.05) is 64.9 Å². The number of benzene rings is 2. The zero-order chi connectivity index (χ0) is 25.3. The molecule has 7 rings (SSSR count). The minimum absolute atomic E-state index is 0.116. The maximum Gasteiger partial charge on any atom is 0.238 e. The number of fused-ring (bicyclic) bond motifs is 6. The lowest BCUT2D eigenvalue weighted by atomic mass is 9.64. The molecule has 1 saturated heterocycles. The molecule has 4 atom stereocenters. The minimum atomic E-state index is -1.36. The number of carbonyl (C=O) groups excluding carboxylic acids is 3. The first-order valence-electron chi connectivity index (χ1n) is 11.8. The van der Waals surface area contributed by atoms with E-state index in [1.54, 1.807) is 24.3 Å². The first-order chi connectivity index (χ1) is 18.0. The summed E-state index contributed by atoms with van der Waals surface area (Å²) >= 11 is 7.63. The van der Waals surface area contributed by atoms with Crippen LogP contribution in [0.1, 0.15) is 31.4 Å². The molecule has 1 spiro atoms. The topological polar surface area (TPSA) is 79.6 Å². The molecule has 4 aromatic rings. The Morgan fingerprint density at radius 1 is 1.03 bits per heavy atom. The number of ketones is 2. The van der Waals surface area contributed by atoms with Gasteiger partial charge in [0.2, 0.25) is 11.7 Å². The van der Waals surface area contributed by atoms with Gasteiger partial charge in [0, 0.05) is 16.4 Å². The number of rotatable bonds is 4. The van der Waals surface area contributed by atoms with Gasteiger partial charge in [-0.15, -0.1) is 11.3 Å². The number of para-hydroxylation sites is 1. The van der Waals surface area contributed by atoms with Gasteiger partial charge in [-0.2, -0.15) is 0 Å². The fourth-order valence-electron chi connectivity index (χ4n) is 6.29. The van der Waals surface area contributed by atoms with Crippen LogP contribution in [0.3, 0.4) is 0 Å². The summed E-state index contributed by atoms with van der Waals surface area (Å²) in [5.74, 6) is -1.84. The van der Waals surface area contributed by atoms with E-state index in [0.717, 1.165) is 11.3 Å². The molecule has 0 radical (unpaired) electrons. The van der Waals surface area contributed by atoms with E-state index >= 15 is 0 Å². The number of Topliss-reactive ketones (excluding diaryl/α,β-unsaturated/α-hetero) is 2. The molecule has 8 heteroatoms. The smallest absolute Gasteiger partial charge is 0.238 e. The summed E-state index contributed by atoms with van der Waals surface area (Å²) in [5.41, 5.74) is 1.55. The zero-order valence-electron chi connectivity index (χ0n) is 19.3. The standard InChI is InChI=1S/C29H19ClN2O4S/c30-17-10-11-20-16(15-17)9-12-23-29(18-5-1-2-6-19(18)31-28(29)35)24(26(33)21-7-3-13-36-21)25(32(20)23)27(34)22-8-4-14-37-22/h1-15,23-25H,(H,31,35)/t23-,24+,25+,29-/m1/s1. The number of carbonyl (C=O) groups is 3. The number of hydrogen-bond donors (Lipinski definition) is 1. The molecule has 1 amide bonds. The maximum atomic E-state index is 14.3. The summed E-state index contributed by atoms with van der Waals surface area (Å²) in [6.45, 7) is 0. The quantitative estimate of drug-likeness (QED) is 0.337. The molecular weight excluding hydrogens is 508 g/mol. The normalized spacial score (nSPS) is 25.1. The molecule has 37 heavy (non-hydrogen) atoms. The van der Waals surface area contributed by atoms with Crippen molar-refractivity contribution in [3.63, 3.8) is 0 Å². The molecule has 6 nitrogen and oxygen atoms in total. The SMILES string of the molecule is O=C(c1cccs1)[C@@H]1[C@@H](C(=O)c2ccco2)[C@]2(C(=O)Nc3ccccc32)[C@H]2C=Cc3cc(Cl)ccc3N12. The second-order valence-corrected chi connectivity index (χ2v) is 10.8. The molecule has 2 aromatic carbocycles. The van der Waals surface area contributed by atoms with Crippen molar-refractivity contribution < 1.29 is 18.8 Å². The van der Waals surface area contributed by atoms with Crippen LogP contribution in [0.4, 0.5) is 11.4 Å². The number of thiophene rings is 1. The van der Waals surface area contributed by atoms with Crippen molar-refractivity contribution in [2.75, 3.05) is 10.2 Å². The second-order valence-electron chi connectivity index (χ2n) is 9.39. The van der Waals surface area contributed by atoms with Crippen molar-refractivity contribution in [2.45, 2.75) is 17.5 Å². The van der Waals surface area contributed by atoms with Crippen LogP contribution in [0.25, 0.3) is 6.08 Å². The van der Waals surface area contributed by atoms with Crippen LogP contribution < -0.4 is 10.2 Å². The Morgan fingerprint density at radius 2 is 1.89 bits per heavy atom. The van der Waals surface area contributed by atoms with Gasteiger partial charge < -0.3 is 14.6 Å². The van der Waals surface area contributed by atoms with Gasteiger partial charge in [0.05, 0.1) is 23.1 Å². The average Bonchev–Trinajstić information content (AvgIpc) is 3.70. The van der Waals surface area contributed by atoms with Gasteiger partial charge >= 0.3 is 0 Å². The average molecular weight is 527 g/mol. The summed E-state index contributed by atoms with van der Waals surface area (Å²) in [7, 11) is 0. The van der Waals surface area contributed by atoms with Crippen molar-refractivity contribution in [2.24, 2.45) is 5.92 Å². The lowest BCUT2D eigenvalue weighted by molar-refractivity contribution is -0.121. The number of halogens is 1. The van der Waals surface area contributed by atoms with E-state index < -0.39 is 23.4 Å². The molecule has 0 saturated carbocycles. The lowest BCUT2D eigenvalue weighted by Gasteiger charge is -2.37. The second kappa shape index (κ2) is 8.03. The van der Waals surface area contributed by atoms with Crippen LogP contribution in [-0.4, -0.2) is 29.6 Å². The molecule has 0 aliphatic carbocycles. The molecule has 1 fully saturated rings. The van der Waals surface area contributed by atoms with E-state index in [9.17, 15) is 14.4 Å². The van der Waals surface area contributed by atoms with Gasteiger partial charge in [-0.1, -0.05) is 48.0 Å². The van der Waals surface area contributed by atoms with Crippen LogP contribution in [0, 0.1) is 5.92 Å². The molecule has 0 unspecified atom stereocenters. The number of anilines is 2. The molecule has 3 aliphatic heterocycles. The zero-order valence-corrected chi connectivity index (χ0v) is 20.8. The summed E-state index contributed by atoms with van der Waals surface area (Å²) in [4.78, 5) is 45.2. The monoisotopic (exact) mass is 526 g/mol. The molecule has 2 aromatic heterocycles. The van der Waals surface area contributed by atoms with E-state index in [4.69, 9.17) is 16.0 Å². The fraction of sp³-hybridized carbons (Fsp3) is 0.138. The number of furan rings is 1. The van der Waals surface area contributed by atoms with Crippen LogP contribution in [0.5, 0.6) is 0 Å². The van der Waals surface area contributed by atoms with Gasteiger partial charge in [0.1, 0.15) is 11.5 Å². The Morgan fingerprint density at radius 3 is 2.68 bits per heavy atom. The number of amides is 1. The van der Waals surface area contributed by atoms with Gasteiger partial charge in [-0.05, 0) is 59.0 Å². The van der Waals surface area contributed by atoms with E-state index in [2.05, 4.69) is 5.32 Å². The molecule has 1 N–H and O–H groups in total. The van der Waals surface area contributed by atoms with Crippen molar-refractivity contribution in [1.82, 2.24) is 0 Å². The first kappa shape index (κ1) is 22.3. The largest absolute Gasteiger partial charge is 0.461 e. The molecule has 182 valence electrons. The summed E-state index contributed by atoms with van der Waals surface area (Å²) in [5, 5.41) is 5.40. The predicted octanol–water partition coefficient (Wildman–Crippen LogP) is 5.85. The Hall–Kier alpha value is -3.94. The van der Waals surface area contributed by atoms with Gasteiger partial charge in [0.25, 0.3) is 0 Å². The van der Waals surface area contributed by atoms with Crippen LogP contribution >= 0.6 is 22.9 Å². The van der Waals surface area contributed by atoms with Crippen molar-refractivity contribution in [3.05, 3.63) is 111 Å². The Bertz CT molecular complexity index is 1610. The minimum Gasteiger partial charge on any atom is -0.461 e. The highest BCUT2D eigenvalue weighted by Gasteiger charge is 2.70. The highest BCUT2D eigenvalue weighted by molar-refractivity contribution is 7.12. The predicted molar refractivity (Wildman–Crippen MR) is 142 cm³/mol. The highest BCUT2D eigenvalue weighted by atomic mass is 35.5. The summed E-state index contributed by atoms with van der Waals surface area (Å²) in [6, 6.07) is 18.1. The van der Waals surface area contributed by atoms with Gasteiger partial charge in [-0.3, -0.25) is 14.4 Å². The Kier molecular flexibility index (Phi) is 4.83. The third-order valence-electron chi connectivity index (χ3n) is 7.67. The number of nitrogens with one attached hydrogen (secondary N) is 1. The van der Waals surface area contributed by atoms with Gasteiger partial charge in [-0.25, -0.2) is 0 Å². The van der Waals surface area contributed by atoms with Crippen LogP contribution in [0.15, 0.2) is 88.9 Å². The summed E-state index contributed by atoms with van der Waals surface area (Å²) in [6.07, 6.45) is 5.27. The lowest BCUT2D eigenvalue weighted by Crippen LogP contribution is -2.51. The van der Waals surface area contributed by atoms with E-state index in [1.165, 1.54) is 17.6 Å². The Balaban J connectivity index is 1.55. The van der Waals surface area contributed by atoms with E-state index in [-0.39, 0.29) is 23.2 Å². The molecule has 5 heterocycles. The highest BCUT2D eigenvalue weighted by Crippen LogP contribution is 2.58. The number of nitrogens with zero attached hydrogens (tertiary/aromatic N) is 1. The first-order valence-corrected chi connectivity index (χ1v) is 13.1. The van der Waals surface area contributed by atoms with E-state index in [0.29, 0.717) is 21.2 Å². The van der Waals surface area contributed by atoms with Crippen LogP contribution in [0.2, 0.25) is 5.02 Å². The van der Waals surface area contributed by atoms with Crippen molar-refractivity contribution in [1.29, 1.82) is 0 Å². The molecule has 0 bridgehead atoms. The third-order valence-corrected chi connectivity index (χ3v) is 8.79. The number of hydrogen-bond acceptors (Lipinski definition) is 6. The molecule has 3 aliphatic rings. The van der Waals surface area contributed by atoms with Gasteiger partial charge in [0.15, 0.2) is 11.5 Å². The fourth-order valence-corrected chi connectivity index (χ4v) is 7.17. The summed E-state index contributed by atoms with van der Waals surface area (Å²) < 4.78 is 5.55. The maximum absolute atomic E-state index is 14.3.